The van der Waals surface area contributed by atoms with Crippen molar-refractivity contribution in [2.75, 3.05) is 18.5 Å². The van der Waals surface area contributed by atoms with Crippen LogP contribution in [-0.2, 0) is 9.53 Å². The normalized spacial score (nSPS) is 13.5. The second kappa shape index (κ2) is 9.01. The number of halogens is 1. The molecule has 1 aromatic rings. The van der Waals surface area contributed by atoms with E-state index in [1.54, 1.807) is 18.2 Å². The van der Waals surface area contributed by atoms with Crippen molar-refractivity contribution in [2.24, 2.45) is 0 Å². The van der Waals surface area contributed by atoms with Crippen LogP contribution < -0.4 is 10.1 Å². The maximum Gasteiger partial charge on any atom is 0.256 e. The smallest absolute Gasteiger partial charge is 0.256 e. The Morgan fingerprint density at radius 3 is 2.55 bits per heavy atom. The van der Waals surface area contributed by atoms with Crippen molar-refractivity contribution >= 4 is 23.2 Å². The number of carbonyl (C=O) groups is 1. The molecule has 0 radical (unpaired) electrons. The fourth-order valence-corrected chi connectivity index (χ4v) is 2.43. The Labute approximate surface area is 138 Å². The molecular weight excluding hydrogens is 302 g/mol. The first kappa shape index (κ1) is 18.8. The van der Waals surface area contributed by atoms with Crippen LogP contribution in [0.5, 0.6) is 5.75 Å². The van der Waals surface area contributed by atoms with Crippen LogP contribution in [-0.4, -0.2) is 24.7 Å². The van der Waals surface area contributed by atoms with Gasteiger partial charge in [-0.15, -0.1) is 0 Å². The molecule has 4 nitrogen and oxygen atoms in total. The third kappa shape index (κ3) is 5.18. The van der Waals surface area contributed by atoms with Crippen LogP contribution in [0.1, 0.15) is 47.0 Å². The van der Waals surface area contributed by atoms with Gasteiger partial charge in [0, 0.05) is 12.3 Å². The first-order valence-electron chi connectivity index (χ1n) is 7.84. The molecule has 0 spiro atoms. The minimum atomic E-state index is -0.824. The Bertz CT molecular complexity index is 493. The molecule has 0 heterocycles. The molecule has 1 aromatic carbocycles. The Balaban J connectivity index is 2.82. The van der Waals surface area contributed by atoms with Gasteiger partial charge in [-0.25, -0.2) is 0 Å². The average molecular weight is 328 g/mol. The molecule has 5 heteroatoms. The van der Waals surface area contributed by atoms with E-state index in [1.165, 1.54) is 0 Å². The summed E-state index contributed by atoms with van der Waals surface area (Å²) in [5, 5.41) is 3.36. The van der Waals surface area contributed by atoms with E-state index in [0.29, 0.717) is 36.1 Å². The second-order valence-electron chi connectivity index (χ2n) is 5.30. The Morgan fingerprint density at radius 1 is 1.27 bits per heavy atom. The summed E-state index contributed by atoms with van der Waals surface area (Å²) < 4.78 is 11.1. The third-order valence-electron chi connectivity index (χ3n) is 3.44. The van der Waals surface area contributed by atoms with Gasteiger partial charge in [0.2, 0.25) is 0 Å². The molecule has 0 bridgehead atoms. The molecule has 0 fully saturated rings. The highest BCUT2D eigenvalue weighted by Crippen LogP contribution is 2.29. The van der Waals surface area contributed by atoms with Gasteiger partial charge in [0.1, 0.15) is 11.4 Å². The number of amides is 1. The molecule has 1 N–H and O–H groups in total. The molecule has 22 heavy (non-hydrogen) atoms. The van der Waals surface area contributed by atoms with Gasteiger partial charge in [0.05, 0.1) is 11.6 Å². The Hall–Kier alpha value is -1.26. The maximum atomic E-state index is 12.5. The van der Waals surface area contributed by atoms with Gasteiger partial charge in [0.25, 0.3) is 5.91 Å². The predicted octanol–water partition coefficient (Wildman–Crippen LogP) is 4.66. The number of benzene rings is 1. The van der Waals surface area contributed by atoms with Crippen molar-refractivity contribution in [1.82, 2.24) is 0 Å². The van der Waals surface area contributed by atoms with Gasteiger partial charge >= 0.3 is 0 Å². The summed E-state index contributed by atoms with van der Waals surface area (Å²) in [6.45, 7) is 8.76. The summed E-state index contributed by atoms with van der Waals surface area (Å²) >= 11 is 6.14. The maximum absolute atomic E-state index is 12.5. The lowest BCUT2D eigenvalue weighted by molar-refractivity contribution is -0.139. The van der Waals surface area contributed by atoms with E-state index in [-0.39, 0.29) is 5.91 Å². The first-order chi connectivity index (χ1) is 10.5. The highest BCUT2D eigenvalue weighted by Gasteiger charge is 2.33. The highest BCUT2D eigenvalue weighted by atomic mass is 35.5. The molecule has 1 atom stereocenters. The van der Waals surface area contributed by atoms with Gasteiger partial charge < -0.3 is 14.8 Å². The third-order valence-corrected chi connectivity index (χ3v) is 3.74. The van der Waals surface area contributed by atoms with Crippen LogP contribution >= 0.6 is 11.6 Å². The highest BCUT2D eigenvalue weighted by molar-refractivity contribution is 6.32. The second-order valence-corrected chi connectivity index (χ2v) is 5.71. The van der Waals surface area contributed by atoms with Gasteiger partial charge in [-0.1, -0.05) is 31.4 Å². The number of unbranched alkanes of at least 4 members (excludes halogenated alkanes) is 1. The predicted molar refractivity (Wildman–Crippen MR) is 90.8 cm³/mol. The zero-order valence-electron chi connectivity index (χ0n) is 13.9. The number of hydrogen-bond donors (Lipinski definition) is 1. The molecule has 124 valence electrons. The lowest BCUT2D eigenvalue weighted by Crippen LogP contribution is -2.42. The summed E-state index contributed by atoms with van der Waals surface area (Å²) in [4.78, 5) is 12.5. The number of carbonyl (C=O) groups excluding carboxylic acids is 1. The fourth-order valence-electron chi connectivity index (χ4n) is 2.20. The SMILES string of the molecule is CCCC[C@@](C)(OCC)C(=O)Nc1ccc(OCC)c(Cl)c1. The van der Waals surface area contributed by atoms with Crippen LogP contribution in [0, 0.1) is 0 Å². The van der Waals surface area contributed by atoms with E-state index >= 15 is 0 Å². The zero-order chi connectivity index (χ0) is 16.6. The van der Waals surface area contributed by atoms with Crippen LogP contribution in [0.3, 0.4) is 0 Å². The number of hydrogen-bond acceptors (Lipinski definition) is 3. The largest absolute Gasteiger partial charge is 0.492 e. The van der Waals surface area contributed by atoms with Crippen molar-refractivity contribution in [3.63, 3.8) is 0 Å². The van der Waals surface area contributed by atoms with Crippen molar-refractivity contribution < 1.29 is 14.3 Å². The fraction of sp³-hybridized carbons (Fsp3) is 0.588. The van der Waals surface area contributed by atoms with Crippen LogP contribution in [0.4, 0.5) is 5.69 Å². The summed E-state index contributed by atoms with van der Waals surface area (Å²) in [7, 11) is 0. The van der Waals surface area contributed by atoms with Crippen molar-refractivity contribution in [3.05, 3.63) is 23.2 Å². The van der Waals surface area contributed by atoms with Gasteiger partial charge in [-0.05, 0) is 45.4 Å². The lowest BCUT2D eigenvalue weighted by Gasteiger charge is -2.28. The molecule has 0 aliphatic rings. The number of nitrogens with one attached hydrogen (secondary N) is 1. The average Bonchev–Trinajstić information content (AvgIpc) is 2.48. The summed E-state index contributed by atoms with van der Waals surface area (Å²) in [5.41, 5.74) is -0.184. The first-order valence-corrected chi connectivity index (χ1v) is 8.22. The van der Waals surface area contributed by atoms with Gasteiger partial charge in [-0.3, -0.25) is 4.79 Å². The molecule has 0 aliphatic heterocycles. The molecular formula is C17H26ClNO3. The van der Waals surface area contributed by atoms with Crippen molar-refractivity contribution in [2.45, 2.75) is 52.6 Å². The number of rotatable bonds is 9. The standard InChI is InChI=1S/C17H26ClNO3/c1-5-8-11-17(4,22-7-3)16(20)19-13-9-10-15(21-6-2)14(18)12-13/h9-10,12H,5-8,11H2,1-4H3,(H,19,20)/t17-/m1/s1. The van der Waals surface area contributed by atoms with E-state index in [4.69, 9.17) is 21.1 Å². The van der Waals surface area contributed by atoms with Crippen molar-refractivity contribution in [3.8, 4) is 5.75 Å². The number of ether oxygens (including phenoxy) is 2. The molecule has 0 aliphatic carbocycles. The number of anilines is 1. The molecule has 0 saturated heterocycles. The molecule has 1 rings (SSSR count). The molecule has 1 amide bonds. The van der Waals surface area contributed by atoms with Gasteiger partial charge in [0.15, 0.2) is 0 Å². The minimum absolute atomic E-state index is 0.150. The minimum Gasteiger partial charge on any atom is -0.492 e. The quantitative estimate of drug-likeness (QED) is 0.717. The van der Waals surface area contributed by atoms with E-state index in [1.807, 2.05) is 20.8 Å². The molecule has 0 saturated carbocycles. The van der Waals surface area contributed by atoms with Crippen LogP contribution in [0.15, 0.2) is 18.2 Å². The zero-order valence-corrected chi connectivity index (χ0v) is 14.6. The van der Waals surface area contributed by atoms with Crippen LogP contribution in [0.25, 0.3) is 0 Å². The summed E-state index contributed by atoms with van der Waals surface area (Å²) in [6, 6.07) is 5.23. The topological polar surface area (TPSA) is 47.6 Å². The molecule has 0 aromatic heterocycles. The van der Waals surface area contributed by atoms with Gasteiger partial charge in [-0.2, -0.15) is 0 Å². The van der Waals surface area contributed by atoms with Crippen molar-refractivity contribution in [1.29, 1.82) is 0 Å². The molecule has 0 unspecified atom stereocenters. The van der Waals surface area contributed by atoms with E-state index < -0.39 is 5.60 Å². The van der Waals surface area contributed by atoms with E-state index in [2.05, 4.69) is 12.2 Å². The van der Waals surface area contributed by atoms with Crippen LogP contribution in [0.2, 0.25) is 5.02 Å². The van der Waals surface area contributed by atoms with E-state index in [9.17, 15) is 4.79 Å². The lowest BCUT2D eigenvalue weighted by atomic mass is 9.97. The van der Waals surface area contributed by atoms with E-state index in [0.717, 1.165) is 12.8 Å². The Morgan fingerprint density at radius 2 is 2.00 bits per heavy atom. The monoisotopic (exact) mass is 327 g/mol. The Kier molecular flexibility index (Phi) is 7.69. The summed E-state index contributed by atoms with van der Waals surface area (Å²) in [6.07, 6.45) is 2.65. The summed E-state index contributed by atoms with van der Waals surface area (Å²) in [5.74, 6) is 0.462.